The number of hydrogen-bond acceptors (Lipinski definition) is 3. The Kier molecular flexibility index (Phi) is 3.89. The minimum atomic E-state index is -0.525. The first-order chi connectivity index (χ1) is 11.1. The van der Waals surface area contributed by atoms with E-state index in [1.165, 1.54) is 24.3 Å². The Hall–Kier alpha value is -3.02. The Balaban J connectivity index is 2.07. The highest BCUT2D eigenvalue weighted by atomic mass is 19.1. The van der Waals surface area contributed by atoms with Crippen LogP contribution in [-0.2, 0) is 6.61 Å². The van der Waals surface area contributed by atoms with Crippen LogP contribution in [0.2, 0.25) is 0 Å². The van der Waals surface area contributed by atoms with E-state index in [4.69, 9.17) is 10.1 Å². The third kappa shape index (κ3) is 2.83. The lowest BCUT2D eigenvalue weighted by atomic mass is 10.1. The van der Waals surface area contributed by atoms with Crippen molar-refractivity contribution >= 4 is 17.0 Å². The molecule has 0 unspecified atom stereocenters. The first-order valence-corrected chi connectivity index (χ1v) is 6.82. The highest BCUT2D eigenvalue weighted by molar-refractivity contribution is 6.00. The van der Waals surface area contributed by atoms with Crippen molar-refractivity contribution in [3.05, 3.63) is 75.6 Å². The summed E-state index contributed by atoms with van der Waals surface area (Å²) in [6, 6.07) is 9.91. The summed E-state index contributed by atoms with van der Waals surface area (Å²) in [6.07, 6.45) is 0.902. The zero-order valence-corrected chi connectivity index (χ0v) is 11.9. The summed E-state index contributed by atoms with van der Waals surface area (Å²) in [5.41, 5.74) is -0.102. The lowest BCUT2D eigenvalue weighted by Gasteiger charge is -2.11. The number of rotatable bonds is 4. The number of nitrogens with one attached hydrogen (secondary N) is 2. The lowest BCUT2D eigenvalue weighted by molar-refractivity contribution is 0.291. The molecule has 0 radical (unpaired) electrons. The molecule has 3 rings (SSSR count). The molecule has 2 aromatic carbocycles. The second kappa shape index (κ2) is 6.00. The summed E-state index contributed by atoms with van der Waals surface area (Å²) in [5.74, 6) is -0.893. The van der Waals surface area contributed by atoms with Gasteiger partial charge >= 0.3 is 0 Å². The average Bonchev–Trinajstić information content (AvgIpc) is 2.54. The number of H-pyrrole nitrogens is 1. The van der Waals surface area contributed by atoms with Crippen LogP contribution in [0, 0.1) is 17.0 Å². The number of hydrogen-bond donors (Lipinski definition) is 2. The maximum atomic E-state index is 13.6. The third-order valence-electron chi connectivity index (χ3n) is 3.46. The van der Waals surface area contributed by atoms with Gasteiger partial charge in [0.1, 0.15) is 18.2 Å². The van der Waals surface area contributed by atoms with Gasteiger partial charge in [0, 0.05) is 22.6 Å². The molecule has 0 aliphatic rings. The Bertz CT molecular complexity index is 951. The van der Waals surface area contributed by atoms with Crippen molar-refractivity contribution < 1.29 is 13.5 Å². The number of halogens is 2. The van der Waals surface area contributed by atoms with E-state index in [1.807, 2.05) is 0 Å². The molecule has 0 atom stereocenters. The zero-order valence-electron chi connectivity index (χ0n) is 11.9. The van der Waals surface area contributed by atoms with Gasteiger partial charge in [0.15, 0.2) is 0 Å². The van der Waals surface area contributed by atoms with E-state index < -0.39 is 17.2 Å². The Morgan fingerprint density at radius 3 is 2.65 bits per heavy atom. The van der Waals surface area contributed by atoms with E-state index in [1.54, 1.807) is 18.2 Å². The zero-order chi connectivity index (χ0) is 16.4. The summed E-state index contributed by atoms with van der Waals surface area (Å²) in [5, 5.41) is 8.04. The topological polar surface area (TPSA) is 65.9 Å². The third-order valence-corrected chi connectivity index (χ3v) is 3.46. The first-order valence-electron chi connectivity index (χ1n) is 6.82. The van der Waals surface area contributed by atoms with Crippen LogP contribution < -0.4 is 10.3 Å². The molecule has 0 bridgehead atoms. The van der Waals surface area contributed by atoms with Crippen LogP contribution in [0.25, 0.3) is 10.8 Å². The monoisotopic (exact) mass is 314 g/mol. The molecular formula is C17H12F2N2O2. The van der Waals surface area contributed by atoms with E-state index >= 15 is 0 Å². The summed E-state index contributed by atoms with van der Waals surface area (Å²) in [7, 11) is 0. The molecule has 3 aromatic rings. The second-order valence-electron chi connectivity index (χ2n) is 4.91. The van der Waals surface area contributed by atoms with Gasteiger partial charge in [0.2, 0.25) is 5.88 Å². The fourth-order valence-corrected chi connectivity index (χ4v) is 2.32. The van der Waals surface area contributed by atoms with E-state index in [9.17, 15) is 13.6 Å². The average molecular weight is 314 g/mol. The van der Waals surface area contributed by atoms with Crippen molar-refractivity contribution in [2.75, 3.05) is 0 Å². The largest absolute Gasteiger partial charge is 0.473 e. The van der Waals surface area contributed by atoms with Gasteiger partial charge in [-0.25, -0.2) is 8.78 Å². The molecule has 2 N–H and O–H groups in total. The number of pyridine rings is 1. The molecule has 23 heavy (non-hydrogen) atoms. The normalized spacial score (nSPS) is 10.7. The van der Waals surface area contributed by atoms with Gasteiger partial charge in [0.25, 0.3) is 5.56 Å². The molecule has 116 valence electrons. The molecule has 4 nitrogen and oxygen atoms in total. The second-order valence-corrected chi connectivity index (χ2v) is 4.91. The van der Waals surface area contributed by atoms with E-state index in [0.29, 0.717) is 16.3 Å². The van der Waals surface area contributed by atoms with Crippen molar-refractivity contribution in [1.29, 1.82) is 5.41 Å². The van der Waals surface area contributed by atoms with Gasteiger partial charge in [-0.1, -0.05) is 24.3 Å². The molecule has 0 spiro atoms. The van der Waals surface area contributed by atoms with Gasteiger partial charge in [-0.15, -0.1) is 0 Å². The van der Waals surface area contributed by atoms with Crippen LogP contribution in [-0.4, -0.2) is 11.2 Å². The molecule has 0 fully saturated rings. The number of aromatic amines is 1. The number of aromatic nitrogens is 1. The fraction of sp³-hybridized carbons (Fsp3) is 0.0588. The van der Waals surface area contributed by atoms with Gasteiger partial charge in [-0.05, 0) is 18.2 Å². The predicted molar refractivity (Wildman–Crippen MR) is 83.1 cm³/mol. The Morgan fingerprint density at radius 1 is 1.13 bits per heavy atom. The van der Waals surface area contributed by atoms with E-state index in [-0.39, 0.29) is 18.1 Å². The van der Waals surface area contributed by atoms with Crippen LogP contribution >= 0.6 is 0 Å². The quantitative estimate of drug-likeness (QED) is 0.725. The predicted octanol–water partition coefficient (Wildman–Crippen LogP) is 3.38. The molecule has 1 heterocycles. The first kappa shape index (κ1) is 14.9. The van der Waals surface area contributed by atoms with Crippen molar-refractivity contribution in [2.24, 2.45) is 0 Å². The number of benzene rings is 2. The molecular weight excluding hydrogens is 302 g/mol. The molecule has 0 saturated heterocycles. The summed E-state index contributed by atoms with van der Waals surface area (Å²) in [4.78, 5) is 14.5. The van der Waals surface area contributed by atoms with Crippen LogP contribution in [0.4, 0.5) is 8.78 Å². The molecule has 1 aromatic heterocycles. The van der Waals surface area contributed by atoms with Crippen molar-refractivity contribution in [1.82, 2.24) is 4.98 Å². The van der Waals surface area contributed by atoms with Crippen molar-refractivity contribution in [3.63, 3.8) is 0 Å². The Morgan fingerprint density at radius 2 is 1.91 bits per heavy atom. The highest BCUT2D eigenvalue weighted by Gasteiger charge is 2.12. The van der Waals surface area contributed by atoms with Gasteiger partial charge < -0.3 is 10.1 Å². The molecule has 0 aliphatic heterocycles. The van der Waals surface area contributed by atoms with E-state index in [2.05, 4.69) is 4.98 Å². The Labute approximate surface area is 129 Å². The SMILES string of the molecule is N=Cc1c(=O)[nH]c(OCc2ccccc2F)c2cc(F)ccc12. The number of fused-ring (bicyclic) bond motifs is 1. The summed E-state index contributed by atoms with van der Waals surface area (Å²) >= 11 is 0. The fourth-order valence-electron chi connectivity index (χ4n) is 2.32. The summed E-state index contributed by atoms with van der Waals surface area (Å²) < 4.78 is 32.6. The van der Waals surface area contributed by atoms with Crippen LogP contribution in [0.3, 0.4) is 0 Å². The minimum Gasteiger partial charge on any atom is -0.473 e. The van der Waals surface area contributed by atoms with Crippen LogP contribution in [0.15, 0.2) is 47.3 Å². The van der Waals surface area contributed by atoms with Crippen LogP contribution in [0.5, 0.6) is 5.88 Å². The maximum absolute atomic E-state index is 13.6. The molecule has 6 heteroatoms. The molecule has 0 saturated carbocycles. The van der Waals surface area contributed by atoms with Gasteiger partial charge in [0.05, 0.1) is 5.56 Å². The smallest absolute Gasteiger partial charge is 0.260 e. The highest BCUT2D eigenvalue weighted by Crippen LogP contribution is 2.25. The maximum Gasteiger partial charge on any atom is 0.260 e. The summed E-state index contributed by atoms with van der Waals surface area (Å²) in [6.45, 7) is -0.113. The van der Waals surface area contributed by atoms with E-state index in [0.717, 1.165) is 6.21 Å². The minimum absolute atomic E-state index is 0.0401. The standard InChI is InChI=1S/C17H12F2N2O2/c18-11-5-6-12-13(7-11)17(21-16(22)14(12)8-20)23-9-10-3-1-2-4-15(10)19/h1-8,20H,9H2,(H,21,22). The molecule has 0 amide bonds. The van der Waals surface area contributed by atoms with Crippen molar-refractivity contribution in [2.45, 2.75) is 6.61 Å². The van der Waals surface area contributed by atoms with Gasteiger partial charge in [-0.2, -0.15) is 0 Å². The lowest BCUT2D eigenvalue weighted by Crippen LogP contribution is -2.14. The molecule has 0 aliphatic carbocycles. The number of ether oxygens (including phenoxy) is 1. The van der Waals surface area contributed by atoms with Gasteiger partial charge in [-0.3, -0.25) is 9.78 Å². The van der Waals surface area contributed by atoms with Crippen molar-refractivity contribution in [3.8, 4) is 5.88 Å². The van der Waals surface area contributed by atoms with Crippen LogP contribution in [0.1, 0.15) is 11.1 Å².